The predicted octanol–water partition coefficient (Wildman–Crippen LogP) is 0.890. The molecule has 80 valence electrons. The van der Waals surface area contributed by atoms with Gasteiger partial charge in [0.15, 0.2) is 0 Å². The average Bonchev–Trinajstić information content (AvgIpc) is 2.15. The van der Waals surface area contributed by atoms with Crippen LogP contribution in [0.1, 0.15) is 25.6 Å². The molecule has 1 rings (SSSR count). The minimum atomic E-state index is -3.12. The fourth-order valence-corrected chi connectivity index (χ4v) is 0.794. The topological polar surface area (TPSA) is 80.2 Å². The van der Waals surface area contributed by atoms with Gasteiger partial charge in [-0.25, -0.2) is 18.4 Å². The summed E-state index contributed by atoms with van der Waals surface area (Å²) >= 11 is 0. The molecule has 0 aliphatic carbocycles. The van der Waals surface area contributed by atoms with Crippen molar-refractivity contribution in [2.45, 2.75) is 26.2 Å². The van der Waals surface area contributed by atoms with Crippen LogP contribution in [0.25, 0.3) is 0 Å². The highest BCUT2D eigenvalue weighted by Crippen LogP contribution is 1.95. The van der Waals surface area contributed by atoms with Gasteiger partial charge in [-0.1, -0.05) is 13.3 Å². The average molecular weight is 218 g/mol. The molecule has 0 amide bonds. The van der Waals surface area contributed by atoms with Crippen LogP contribution in [0.4, 0.5) is 0 Å². The summed E-state index contributed by atoms with van der Waals surface area (Å²) in [6.07, 6.45) is 6.98. The van der Waals surface area contributed by atoms with E-state index in [0.29, 0.717) is 0 Å². The molecule has 0 radical (unpaired) electrons. The highest BCUT2D eigenvalue weighted by molar-refractivity contribution is 7.66. The number of unbranched alkanes of at least 4 members (excludes halogenated alkanes) is 1. The van der Waals surface area contributed by atoms with Crippen LogP contribution in [0.3, 0.4) is 0 Å². The third kappa shape index (κ3) is 9.08. The minimum Gasteiger partial charge on any atom is -0.288 e. The lowest BCUT2D eigenvalue weighted by atomic mass is 10.2. The van der Waals surface area contributed by atoms with Crippen LogP contribution < -0.4 is 0 Å². The van der Waals surface area contributed by atoms with Crippen LogP contribution in [0.15, 0.2) is 18.5 Å². The van der Waals surface area contributed by atoms with E-state index in [4.69, 9.17) is 13.0 Å². The van der Waals surface area contributed by atoms with E-state index in [-0.39, 0.29) is 0 Å². The zero-order valence-electron chi connectivity index (χ0n) is 7.96. The Labute approximate surface area is 85.0 Å². The predicted molar refractivity (Wildman–Crippen MR) is 53.6 cm³/mol. The second-order valence-corrected chi connectivity index (χ2v) is 2.98. The summed E-state index contributed by atoms with van der Waals surface area (Å²) in [5.74, 6) is 0.962. The molecule has 1 N–H and O–H groups in total. The van der Waals surface area contributed by atoms with Crippen LogP contribution >= 0.6 is 0 Å². The van der Waals surface area contributed by atoms with E-state index in [1.165, 1.54) is 12.8 Å². The Balaban J connectivity index is 0.000000364. The molecule has 0 saturated heterocycles. The molecule has 0 unspecified atom stereocenters. The first-order chi connectivity index (χ1) is 6.66. The summed E-state index contributed by atoms with van der Waals surface area (Å²) in [6.45, 7) is 2.17. The first kappa shape index (κ1) is 13.0. The summed E-state index contributed by atoms with van der Waals surface area (Å²) in [5, 5.41) is 0. The molecule has 0 bridgehead atoms. The Bertz CT molecular complexity index is 293. The molecular weight excluding hydrogens is 204 g/mol. The largest absolute Gasteiger partial charge is 0.288 e. The normalized spacial score (nSPS) is 9.36. The Morgan fingerprint density at radius 3 is 2.29 bits per heavy atom. The number of nitrogens with zero attached hydrogens (tertiary/aromatic N) is 2. The summed E-state index contributed by atoms with van der Waals surface area (Å²) in [6, 6.07) is 1.84. The van der Waals surface area contributed by atoms with Gasteiger partial charge in [-0.05, 0) is 12.5 Å². The molecule has 1 aromatic rings. The van der Waals surface area contributed by atoms with E-state index >= 15 is 0 Å². The van der Waals surface area contributed by atoms with Crippen LogP contribution in [0.5, 0.6) is 0 Å². The van der Waals surface area contributed by atoms with Crippen LogP contribution in [-0.2, 0) is 17.4 Å². The van der Waals surface area contributed by atoms with Crippen molar-refractivity contribution in [1.29, 1.82) is 0 Å². The highest BCUT2D eigenvalue weighted by Gasteiger charge is 1.90. The van der Waals surface area contributed by atoms with Gasteiger partial charge >= 0.3 is 0 Å². The lowest BCUT2D eigenvalue weighted by Gasteiger charge is -1.94. The third-order valence-corrected chi connectivity index (χ3v) is 1.37. The maximum Gasteiger partial charge on any atom is 0.254 e. The molecule has 1 aromatic heterocycles. The van der Waals surface area contributed by atoms with E-state index in [9.17, 15) is 0 Å². The van der Waals surface area contributed by atoms with Gasteiger partial charge in [0.05, 0.1) is 0 Å². The van der Waals surface area contributed by atoms with Gasteiger partial charge in [-0.3, -0.25) is 4.55 Å². The Morgan fingerprint density at radius 2 is 1.86 bits per heavy atom. The molecule has 0 fully saturated rings. The fraction of sp³-hybridized carbons (Fsp3) is 0.500. The lowest BCUT2D eigenvalue weighted by Crippen LogP contribution is -1.91. The van der Waals surface area contributed by atoms with Crippen molar-refractivity contribution in [2.24, 2.45) is 0 Å². The highest BCUT2D eigenvalue weighted by atomic mass is 32.2. The summed E-state index contributed by atoms with van der Waals surface area (Å²) in [4.78, 5) is 8.21. The number of aryl methyl sites for hydroxylation is 1. The molecule has 6 heteroatoms. The molecular formula is C8H14N2O3S. The number of aromatic nitrogens is 2. The maximum atomic E-state index is 8.59. The second-order valence-electron chi connectivity index (χ2n) is 2.51. The summed E-state index contributed by atoms with van der Waals surface area (Å²) in [7, 11) is -3.12. The molecule has 0 atom stereocenters. The van der Waals surface area contributed by atoms with E-state index < -0.39 is 11.0 Å². The molecule has 5 nitrogen and oxygen atoms in total. The van der Waals surface area contributed by atoms with Crippen LogP contribution in [0, 0.1) is 0 Å². The second kappa shape index (κ2) is 8.58. The minimum absolute atomic E-state index is 0.962. The van der Waals surface area contributed by atoms with Crippen molar-refractivity contribution in [3.05, 3.63) is 24.3 Å². The standard InChI is InChI=1S/C8H12N2.H2O3S/c1-2-3-5-8-9-6-4-7-10-8;1-4(2)3/h4,6-7H,2-3,5H2,1H3;4H,(H,1,2,3). The lowest BCUT2D eigenvalue weighted by molar-refractivity contribution is 0.509. The molecule has 0 spiro atoms. The van der Waals surface area contributed by atoms with Crippen molar-refractivity contribution in [2.75, 3.05) is 0 Å². The van der Waals surface area contributed by atoms with Crippen molar-refractivity contribution in [1.82, 2.24) is 9.97 Å². The molecule has 0 aromatic carbocycles. The molecule has 0 saturated carbocycles. The van der Waals surface area contributed by atoms with E-state index in [0.717, 1.165) is 12.2 Å². The third-order valence-electron chi connectivity index (χ3n) is 1.37. The Hall–Kier alpha value is -1.01. The van der Waals surface area contributed by atoms with Crippen molar-refractivity contribution in [3.63, 3.8) is 0 Å². The van der Waals surface area contributed by atoms with Crippen molar-refractivity contribution in [3.8, 4) is 0 Å². The molecule has 0 aliphatic rings. The van der Waals surface area contributed by atoms with Gasteiger partial charge in [0.2, 0.25) is 0 Å². The van der Waals surface area contributed by atoms with Gasteiger partial charge in [-0.15, -0.1) is 0 Å². The van der Waals surface area contributed by atoms with E-state index in [1.54, 1.807) is 12.4 Å². The molecule has 0 aliphatic heterocycles. The van der Waals surface area contributed by atoms with Gasteiger partial charge in [0.25, 0.3) is 11.0 Å². The zero-order chi connectivity index (χ0) is 10.8. The van der Waals surface area contributed by atoms with Crippen LogP contribution in [-0.4, -0.2) is 22.9 Å². The van der Waals surface area contributed by atoms with Crippen molar-refractivity contribution >= 4 is 11.0 Å². The monoisotopic (exact) mass is 218 g/mol. The SMILES string of the molecule is CCCCc1ncccn1.O=[SH](=O)O. The van der Waals surface area contributed by atoms with Gasteiger partial charge in [0, 0.05) is 18.8 Å². The number of hydrogen-bond acceptors (Lipinski definition) is 4. The summed E-state index contributed by atoms with van der Waals surface area (Å²) in [5.41, 5.74) is 0. The number of hydrogen-bond donors (Lipinski definition) is 2. The molecule has 1 heterocycles. The van der Waals surface area contributed by atoms with Crippen molar-refractivity contribution < 1.29 is 13.0 Å². The summed E-state index contributed by atoms with van der Waals surface area (Å²) < 4.78 is 24.2. The molecule has 14 heavy (non-hydrogen) atoms. The number of rotatable bonds is 3. The first-order valence-corrected chi connectivity index (χ1v) is 5.39. The quantitative estimate of drug-likeness (QED) is 0.581. The Kier molecular flexibility index (Phi) is 7.96. The van der Waals surface area contributed by atoms with Gasteiger partial charge in [0.1, 0.15) is 5.82 Å². The van der Waals surface area contributed by atoms with Gasteiger partial charge < -0.3 is 0 Å². The number of thiol groups is 1. The van der Waals surface area contributed by atoms with E-state index in [1.807, 2.05) is 6.07 Å². The fourth-order valence-electron chi connectivity index (χ4n) is 0.794. The van der Waals surface area contributed by atoms with Gasteiger partial charge in [-0.2, -0.15) is 0 Å². The maximum absolute atomic E-state index is 8.59. The smallest absolute Gasteiger partial charge is 0.254 e. The zero-order valence-corrected chi connectivity index (χ0v) is 8.85. The van der Waals surface area contributed by atoms with E-state index in [2.05, 4.69) is 16.9 Å². The first-order valence-electron chi connectivity index (χ1n) is 4.26. The Morgan fingerprint density at radius 1 is 1.36 bits per heavy atom. The van der Waals surface area contributed by atoms with Crippen LogP contribution in [0.2, 0.25) is 0 Å².